The van der Waals surface area contributed by atoms with E-state index in [4.69, 9.17) is 33.8 Å². The van der Waals surface area contributed by atoms with Crippen LogP contribution in [0.1, 0.15) is 137 Å². The van der Waals surface area contributed by atoms with E-state index in [1.54, 1.807) is 13.8 Å². The van der Waals surface area contributed by atoms with Gasteiger partial charge >= 0.3 is 23.9 Å². The first-order chi connectivity index (χ1) is 39.9. The number of hydrogen-bond donors (Lipinski definition) is 16. The number of rotatable bonds is 39. The summed E-state index contributed by atoms with van der Waals surface area (Å²) in [5, 5.41) is 54.8. The number of carboxylic acids is 4. The summed E-state index contributed by atoms with van der Waals surface area (Å²) in [6.45, 7) is 7.65. The van der Waals surface area contributed by atoms with Crippen LogP contribution in [0.3, 0.4) is 0 Å². The van der Waals surface area contributed by atoms with Gasteiger partial charge in [0.25, 0.3) is 0 Å². The van der Waals surface area contributed by atoms with Gasteiger partial charge < -0.3 is 96.1 Å². The molecular formula is C52H87N15O18. The predicted molar refractivity (Wildman–Crippen MR) is 300 cm³/mol. The molecule has 0 aromatic carbocycles. The third kappa shape index (κ3) is 25.7. The zero-order chi connectivity index (χ0) is 64.2. The molecule has 0 spiro atoms. The number of carbonyl (C=O) groups excluding carboxylic acids is 10. The number of aliphatic carboxylic acids is 4. The number of aliphatic imine (C=N–C) groups is 1. The fourth-order valence-electron chi connectivity index (χ4n) is 9.53. The first-order valence-corrected chi connectivity index (χ1v) is 28.3. The number of hydrogen-bond acceptors (Lipinski definition) is 17. The molecule has 2 fully saturated rings. The van der Waals surface area contributed by atoms with Crippen molar-refractivity contribution in [3.8, 4) is 0 Å². The maximum atomic E-state index is 14.3. The van der Waals surface area contributed by atoms with Crippen molar-refractivity contribution in [2.45, 2.75) is 197 Å². The quantitative estimate of drug-likeness (QED) is 0.0156. The van der Waals surface area contributed by atoms with Gasteiger partial charge in [0, 0.05) is 38.9 Å². The monoisotopic (exact) mass is 1210 g/mol. The zero-order valence-electron chi connectivity index (χ0n) is 48.5. The van der Waals surface area contributed by atoms with Crippen LogP contribution in [0.4, 0.5) is 0 Å². The molecule has 85 heavy (non-hydrogen) atoms. The van der Waals surface area contributed by atoms with Gasteiger partial charge in [-0.15, -0.1) is 0 Å². The van der Waals surface area contributed by atoms with E-state index in [-0.39, 0.29) is 69.5 Å². The molecule has 2 saturated heterocycles. The predicted octanol–water partition coefficient (Wildman–Crippen LogP) is -4.87. The standard InChI is InChI=1S/C52H87N15O18/c1-26(2)24-28(54)49(82)66-22-8-13-36(66)48(81)65-41(27(3)4)50(83)67-23-9-12-35(67)47(80)62-29(10-5-6-20-53)43(76)64-34(25-40(73)74)46(79)61-31(14-17-37(55)68)44(77)60-32(15-18-38(69)70)45(78)59-30(11-7-21-58-52(56)57)42(75)63-33(51(84)85)16-19-39(71)72/h26-36,41H,5-25,53-54H2,1-4H3,(H2,55,68)(H,59,78)(H,60,77)(H,61,79)(H,62,80)(H,63,75)(H,64,76)(H,65,81)(H,69,70)(H,71,72)(H,73,74)(H,84,85)(H4,56,57,58)/t28-,29-,30-,31-,32-,33-,34-,35-,36-,41-/m0/s1. The minimum Gasteiger partial charge on any atom is -0.481 e. The maximum Gasteiger partial charge on any atom is 0.326 e. The Morgan fingerprint density at radius 1 is 0.518 bits per heavy atom. The zero-order valence-corrected chi connectivity index (χ0v) is 48.5. The Kier molecular flexibility index (Phi) is 31.3. The van der Waals surface area contributed by atoms with Crippen molar-refractivity contribution in [2.75, 3.05) is 26.2 Å². The van der Waals surface area contributed by atoms with Crippen molar-refractivity contribution in [1.82, 2.24) is 47.0 Å². The fourth-order valence-corrected chi connectivity index (χ4v) is 9.53. The second kappa shape index (κ2) is 36.5. The third-order valence-electron chi connectivity index (χ3n) is 14.0. The number of amides is 10. The highest BCUT2D eigenvalue weighted by Gasteiger charge is 2.43. The Bertz CT molecular complexity index is 2420. The van der Waals surface area contributed by atoms with E-state index in [2.05, 4.69) is 42.2 Å². The van der Waals surface area contributed by atoms with Crippen molar-refractivity contribution in [1.29, 1.82) is 0 Å². The Hall–Kier alpha value is -8.23. The number of unbranched alkanes of at least 4 members (excludes halogenated alkanes) is 1. The molecular weight excluding hydrogens is 1120 g/mol. The van der Waals surface area contributed by atoms with E-state index in [1.807, 2.05) is 13.8 Å². The first-order valence-electron chi connectivity index (χ1n) is 28.3. The average Bonchev–Trinajstić information content (AvgIpc) is 4.28. The van der Waals surface area contributed by atoms with Crippen molar-refractivity contribution < 1.29 is 87.5 Å². The highest BCUT2D eigenvalue weighted by atomic mass is 16.4. The van der Waals surface area contributed by atoms with Crippen LogP contribution < -0.4 is 65.9 Å². The number of primary amides is 1. The van der Waals surface area contributed by atoms with Gasteiger partial charge in [0.2, 0.25) is 59.1 Å². The summed E-state index contributed by atoms with van der Waals surface area (Å²) in [5.74, 6) is -16.3. The van der Waals surface area contributed by atoms with Crippen LogP contribution in [0.5, 0.6) is 0 Å². The lowest BCUT2D eigenvalue weighted by Crippen LogP contribution is -2.61. The molecule has 2 aliphatic rings. The van der Waals surface area contributed by atoms with Crippen molar-refractivity contribution in [3.63, 3.8) is 0 Å². The molecule has 0 bridgehead atoms. The Labute approximate surface area is 491 Å². The van der Waals surface area contributed by atoms with Gasteiger partial charge in [0.15, 0.2) is 5.96 Å². The first kappa shape index (κ1) is 72.9. The van der Waals surface area contributed by atoms with Gasteiger partial charge in [-0.25, -0.2) is 4.79 Å². The van der Waals surface area contributed by atoms with Gasteiger partial charge in [-0.2, -0.15) is 0 Å². The minimum atomic E-state index is -2.02. The molecule has 0 aromatic heterocycles. The summed E-state index contributed by atoms with van der Waals surface area (Å²) in [5.41, 5.74) is 28.0. The lowest BCUT2D eigenvalue weighted by Gasteiger charge is -2.33. The number of carbonyl (C=O) groups is 14. The Balaban J connectivity index is 2.43. The number of nitrogens with one attached hydrogen (secondary N) is 7. The molecule has 33 nitrogen and oxygen atoms in total. The average molecular weight is 1210 g/mol. The van der Waals surface area contributed by atoms with Crippen LogP contribution in [0, 0.1) is 11.8 Å². The lowest BCUT2D eigenvalue weighted by atomic mass is 10.0. The Morgan fingerprint density at radius 3 is 1.39 bits per heavy atom. The highest BCUT2D eigenvalue weighted by molar-refractivity contribution is 6.00. The summed E-state index contributed by atoms with van der Waals surface area (Å²) < 4.78 is 0. The molecule has 2 heterocycles. The number of likely N-dealkylation sites (tertiary alicyclic amines) is 2. The summed E-state index contributed by atoms with van der Waals surface area (Å²) in [4.78, 5) is 191. The van der Waals surface area contributed by atoms with Crippen LogP contribution in [0.25, 0.3) is 0 Å². The van der Waals surface area contributed by atoms with Gasteiger partial charge in [-0.3, -0.25) is 67.3 Å². The molecule has 0 unspecified atom stereocenters. The molecule has 2 aliphatic heterocycles. The van der Waals surface area contributed by atoms with Crippen molar-refractivity contribution in [2.24, 2.45) is 45.5 Å². The van der Waals surface area contributed by atoms with Crippen LogP contribution >= 0.6 is 0 Å². The third-order valence-corrected chi connectivity index (χ3v) is 14.0. The second-order valence-corrected chi connectivity index (χ2v) is 21.8. The largest absolute Gasteiger partial charge is 0.481 e. The molecule has 0 aliphatic carbocycles. The highest BCUT2D eigenvalue weighted by Crippen LogP contribution is 2.24. The molecule has 10 atom stereocenters. The number of nitrogens with two attached hydrogens (primary N) is 5. The smallest absolute Gasteiger partial charge is 0.326 e. The van der Waals surface area contributed by atoms with E-state index in [1.165, 1.54) is 9.80 Å². The normalized spacial score (nSPS) is 17.6. The van der Waals surface area contributed by atoms with Gasteiger partial charge in [0.05, 0.1) is 12.5 Å². The lowest BCUT2D eigenvalue weighted by molar-refractivity contribution is -0.145. The van der Waals surface area contributed by atoms with E-state index < -0.39 is 188 Å². The maximum absolute atomic E-state index is 14.3. The summed E-state index contributed by atoms with van der Waals surface area (Å²) in [6, 6.07) is -14.7. The van der Waals surface area contributed by atoms with E-state index in [9.17, 15) is 82.4 Å². The van der Waals surface area contributed by atoms with Crippen molar-refractivity contribution in [3.05, 3.63) is 0 Å². The fraction of sp³-hybridized carbons (Fsp3) is 0.712. The number of nitrogens with zero attached hydrogens (tertiary/aromatic N) is 3. The molecule has 33 heteroatoms. The van der Waals surface area contributed by atoms with Crippen LogP contribution in [-0.4, -0.2) is 206 Å². The molecule has 478 valence electrons. The van der Waals surface area contributed by atoms with E-state index >= 15 is 0 Å². The summed E-state index contributed by atoms with van der Waals surface area (Å²) in [7, 11) is 0. The topological polar surface area (TPSA) is 553 Å². The Morgan fingerprint density at radius 2 is 0.941 bits per heavy atom. The van der Waals surface area contributed by atoms with Crippen LogP contribution in [-0.2, 0) is 67.1 Å². The van der Waals surface area contributed by atoms with Gasteiger partial charge in [-0.1, -0.05) is 27.7 Å². The van der Waals surface area contributed by atoms with Gasteiger partial charge in [-0.05, 0) is 102 Å². The molecule has 10 amide bonds. The van der Waals surface area contributed by atoms with E-state index in [0.29, 0.717) is 38.6 Å². The molecule has 0 aromatic rings. The van der Waals surface area contributed by atoms with Crippen LogP contribution in [0.15, 0.2) is 4.99 Å². The molecule has 0 saturated carbocycles. The SMILES string of the molecule is CC(C)C[C@H](N)C(=O)N1CCC[C@H]1C(=O)N[C@H](C(=O)N1CCC[C@H]1C(=O)N[C@@H](CCCCN)C(=O)N[C@@H](CC(=O)O)C(=O)N[C@@H](CCC(N)=O)C(=O)N[C@@H](CCC(=O)O)C(=O)N[C@@H](CCCN=C(N)N)C(=O)N[C@@H](CCC(=O)O)C(=O)O)C(C)C. The van der Waals surface area contributed by atoms with E-state index in [0.717, 1.165) is 0 Å². The van der Waals surface area contributed by atoms with Crippen LogP contribution in [0.2, 0.25) is 0 Å². The number of guanidine groups is 1. The molecule has 21 N–H and O–H groups in total. The number of carboxylic acid groups (broad SMARTS) is 4. The molecule has 2 rings (SSSR count). The minimum absolute atomic E-state index is 0.0337. The second-order valence-electron chi connectivity index (χ2n) is 21.8. The van der Waals surface area contributed by atoms with Gasteiger partial charge in [0.1, 0.15) is 54.4 Å². The van der Waals surface area contributed by atoms with Crippen molar-refractivity contribution >= 4 is 88.9 Å². The summed E-state index contributed by atoms with van der Waals surface area (Å²) >= 11 is 0. The summed E-state index contributed by atoms with van der Waals surface area (Å²) in [6.07, 6.45) is -3.28. The molecule has 0 radical (unpaired) electrons.